The zero-order chi connectivity index (χ0) is 21.0. The Labute approximate surface area is 175 Å². The van der Waals surface area contributed by atoms with Crippen LogP contribution >= 0.6 is 11.6 Å². The van der Waals surface area contributed by atoms with E-state index in [1.54, 1.807) is 35.9 Å². The summed E-state index contributed by atoms with van der Waals surface area (Å²) in [6.07, 6.45) is 0. The van der Waals surface area contributed by atoms with Gasteiger partial charge in [0.1, 0.15) is 11.4 Å². The van der Waals surface area contributed by atoms with Gasteiger partial charge in [0, 0.05) is 38.3 Å². The predicted octanol–water partition coefficient (Wildman–Crippen LogP) is 1.71. The number of anilines is 1. The molecule has 2 N–H and O–H groups in total. The maximum atomic E-state index is 12.5. The first kappa shape index (κ1) is 21.3. The number of carbonyl (C=O) groups is 2. The molecule has 29 heavy (non-hydrogen) atoms. The van der Waals surface area contributed by atoms with Crippen LogP contribution in [0, 0.1) is 6.92 Å². The molecule has 2 heterocycles. The van der Waals surface area contributed by atoms with Gasteiger partial charge in [0.2, 0.25) is 5.78 Å². The Morgan fingerprint density at radius 2 is 1.86 bits per heavy atom. The van der Waals surface area contributed by atoms with Crippen molar-refractivity contribution in [2.24, 2.45) is 0 Å². The molecule has 1 aromatic carbocycles. The number of ketones is 1. The summed E-state index contributed by atoms with van der Waals surface area (Å²) in [6, 6.07) is 6.64. The number of halogens is 1. The summed E-state index contributed by atoms with van der Waals surface area (Å²) < 4.78 is 6.81. The Balaban J connectivity index is 1.59. The monoisotopic (exact) mass is 419 g/mol. The van der Waals surface area contributed by atoms with Crippen molar-refractivity contribution in [3.63, 3.8) is 0 Å². The van der Waals surface area contributed by atoms with Crippen molar-refractivity contribution < 1.29 is 14.3 Å². The summed E-state index contributed by atoms with van der Waals surface area (Å²) in [5, 5.41) is 4.70. The van der Waals surface area contributed by atoms with Gasteiger partial charge in [-0.15, -0.1) is 0 Å². The summed E-state index contributed by atoms with van der Waals surface area (Å²) in [4.78, 5) is 29.4. The molecular weight excluding hydrogens is 394 g/mol. The van der Waals surface area contributed by atoms with Gasteiger partial charge in [-0.1, -0.05) is 23.7 Å². The van der Waals surface area contributed by atoms with Crippen LogP contribution in [0.3, 0.4) is 0 Å². The van der Waals surface area contributed by atoms with Crippen LogP contribution in [-0.2, 0) is 11.3 Å². The van der Waals surface area contributed by atoms with E-state index in [-0.39, 0.29) is 17.2 Å². The predicted molar refractivity (Wildman–Crippen MR) is 111 cm³/mol. The van der Waals surface area contributed by atoms with Crippen molar-refractivity contribution in [2.75, 3.05) is 52.1 Å². The van der Waals surface area contributed by atoms with Gasteiger partial charge in [-0.05, 0) is 26.1 Å². The van der Waals surface area contributed by atoms with Crippen LogP contribution in [0.5, 0.6) is 0 Å². The minimum absolute atomic E-state index is 0.204. The van der Waals surface area contributed by atoms with E-state index in [2.05, 4.69) is 21.9 Å². The Bertz CT molecular complexity index is 890. The van der Waals surface area contributed by atoms with Gasteiger partial charge in [0.25, 0.3) is 0 Å². The van der Waals surface area contributed by atoms with Crippen LogP contribution in [-0.4, -0.2) is 77.7 Å². The fraction of sp³-hybridized carbons (Fsp3) is 0.450. The molecule has 0 spiro atoms. The van der Waals surface area contributed by atoms with E-state index in [1.165, 1.54) is 0 Å². The molecule has 0 aliphatic carbocycles. The molecule has 3 rings (SSSR count). The zero-order valence-electron chi connectivity index (χ0n) is 16.7. The molecule has 1 aliphatic rings. The third-order valence-electron chi connectivity index (χ3n) is 5.10. The number of aryl methyl sites for hydroxylation is 1. The first-order chi connectivity index (χ1) is 13.9. The number of piperazine rings is 1. The SMILES string of the molecule is Cc1nn(CCN2CCN(C)CC2)c(N)c1C(=O)OCC(=O)c1ccccc1Cl. The summed E-state index contributed by atoms with van der Waals surface area (Å²) in [5.74, 6) is -0.777. The van der Waals surface area contributed by atoms with E-state index < -0.39 is 12.6 Å². The Morgan fingerprint density at radius 1 is 1.17 bits per heavy atom. The number of ether oxygens (including phenoxy) is 1. The molecule has 0 saturated carbocycles. The highest BCUT2D eigenvalue weighted by Crippen LogP contribution is 2.19. The normalized spacial score (nSPS) is 15.4. The number of nitrogens with zero attached hydrogens (tertiary/aromatic N) is 4. The van der Waals surface area contributed by atoms with Gasteiger partial charge >= 0.3 is 5.97 Å². The van der Waals surface area contributed by atoms with Crippen molar-refractivity contribution in [3.05, 3.63) is 46.1 Å². The Kier molecular flexibility index (Phi) is 6.89. The lowest BCUT2D eigenvalue weighted by atomic mass is 10.1. The standard InChI is InChI=1S/C20H26ClN5O3/c1-14-18(20(28)29-13-17(27)15-5-3-4-6-16(15)21)19(22)26(23-14)12-11-25-9-7-24(2)8-10-25/h3-6H,7-13,22H2,1-2H3. The minimum atomic E-state index is -0.661. The first-order valence-corrected chi connectivity index (χ1v) is 9.93. The molecule has 156 valence electrons. The second-order valence-electron chi connectivity index (χ2n) is 7.19. The molecule has 1 aromatic heterocycles. The van der Waals surface area contributed by atoms with Gasteiger partial charge in [-0.25, -0.2) is 9.48 Å². The minimum Gasteiger partial charge on any atom is -0.454 e. The van der Waals surface area contributed by atoms with E-state index in [0.29, 0.717) is 22.8 Å². The van der Waals surface area contributed by atoms with Crippen molar-refractivity contribution in [1.82, 2.24) is 19.6 Å². The first-order valence-electron chi connectivity index (χ1n) is 9.55. The molecule has 9 heteroatoms. The zero-order valence-corrected chi connectivity index (χ0v) is 17.5. The molecule has 0 amide bonds. The van der Waals surface area contributed by atoms with Gasteiger partial charge in [-0.2, -0.15) is 5.10 Å². The third kappa shape index (κ3) is 5.14. The van der Waals surface area contributed by atoms with E-state index in [4.69, 9.17) is 22.1 Å². The number of benzene rings is 1. The number of carbonyl (C=O) groups excluding carboxylic acids is 2. The number of aromatic nitrogens is 2. The number of nitrogens with two attached hydrogens (primary N) is 1. The maximum Gasteiger partial charge on any atom is 0.344 e. The molecule has 1 aliphatic heterocycles. The number of esters is 1. The molecular formula is C20H26ClN5O3. The maximum absolute atomic E-state index is 12.5. The van der Waals surface area contributed by atoms with E-state index in [1.807, 2.05) is 0 Å². The fourth-order valence-corrected chi connectivity index (χ4v) is 3.54. The van der Waals surface area contributed by atoms with Crippen molar-refractivity contribution in [2.45, 2.75) is 13.5 Å². The number of nitrogen functional groups attached to an aromatic ring is 1. The highest BCUT2D eigenvalue weighted by molar-refractivity contribution is 6.34. The van der Waals surface area contributed by atoms with Gasteiger partial charge in [0.05, 0.1) is 17.3 Å². The molecule has 1 saturated heterocycles. The second-order valence-corrected chi connectivity index (χ2v) is 7.60. The number of rotatable bonds is 7. The molecule has 2 aromatic rings. The smallest absolute Gasteiger partial charge is 0.344 e. The molecule has 0 bridgehead atoms. The number of Topliss-reactive ketones (excluding diaryl/α,β-unsaturated/α-hetero) is 1. The molecule has 0 radical (unpaired) electrons. The molecule has 1 fully saturated rings. The highest BCUT2D eigenvalue weighted by atomic mass is 35.5. The molecule has 0 unspecified atom stereocenters. The highest BCUT2D eigenvalue weighted by Gasteiger charge is 2.23. The van der Waals surface area contributed by atoms with Crippen molar-refractivity contribution in [3.8, 4) is 0 Å². The van der Waals surface area contributed by atoms with E-state index >= 15 is 0 Å². The molecule has 8 nitrogen and oxygen atoms in total. The molecule has 0 atom stereocenters. The number of likely N-dealkylation sites (N-methyl/N-ethyl adjacent to an activating group) is 1. The lowest BCUT2D eigenvalue weighted by Crippen LogP contribution is -2.45. The topological polar surface area (TPSA) is 93.7 Å². The van der Waals surface area contributed by atoms with Gasteiger partial charge in [0.15, 0.2) is 6.61 Å². The largest absolute Gasteiger partial charge is 0.454 e. The quantitative estimate of drug-likeness (QED) is 0.539. The van der Waals surface area contributed by atoms with Crippen LogP contribution in [0.4, 0.5) is 5.82 Å². The van der Waals surface area contributed by atoms with Crippen LogP contribution in [0.25, 0.3) is 0 Å². The Morgan fingerprint density at radius 3 is 2.55 bits per heavy atom. The van der Waals surface area contributed by atoms with Crippen LogP contribution in [0.15, 0.2) is 24.3 Å². The van der Waals surface area contributed by atoms with E-state index in [0.717, 1.165) is 32.7 Å². The van der Waals surface area contributed by atoms with Crippen LogP contribution in [0.2, 0.25) is 5.02 Å². The average molecular weight is 420 g/mol. The van der Waals surface area contributed by atoms with Crippen LogP contribution in [0.1, 0.15) is 26.4 Å². The second kappa shape index (κ2) is 9.39. The van der Waals surface area contributed by atoms with Crippen molar-refractivity contribution >= 4 is 29.2 Å². The lowest BCUT2D eigenvalue weighted by molar-refractivity contribution is 0.0475. The third-order valence-corrected chi connectivity index (χ3v) is 5.43. The van der Waals surface area contributed by atoms with E-state index in [9.17, 15) is 9.59 Å². The fourth-order valence-electron chi connectivity index (χ4n) is 3.30. The summed E-state index contributed by atoms with van der Waals surface area (Å²) in [5.41, 5.74) is 7.15. The lowest BCUT2D eigenvalue weighted by Gasteiger charge is -2.32. The number of hydrogen-bond donors (Lipinski definition) is 1. The van der Waals surface area contributed by atoms with Gasteiger partial charge < -0.3 is 15.4 Å². The summed E-state index contributed by atoms with van der Waals surface area (Å²) >= 11 is 6.01. The van der Waals surface area contributed by atoms with Crippen LogP contribution < -0.4 is 5.73 Å². The average Bonchev–Trinajstić information content (AvgIpc) is 2.99. The Hall–Kier alpha value is -2.42. The van der Waals surface area contributed by atoms with Crippen molar-refractivity contribution in [1.29, 1.82) is 0 Å². The number of hydrogen-bond acceptors (Lipinski definition) is 7. The summed E-state index contributed by atoms with van der Waals surface area (Å²) in [7, 11) is 2.11. The van der Waals surface area contributed by atoms with Gasteiger partial charge in [-0.3, -0.25) is 9.69 Å². The summed E-state index contributed by atoms with van der Waals surface area (Å²) in [6.45, 7) is 6.74.